The van der Waals surface area contributed by atoms with Crippen molar-refractivity contribution in [1.82, 2.24) is 15.4 Å². The van der Waals surface area contributed by atoms with Crippen molar-refractivity contribution in [2.24, 2.45) is 4.99 Å². The van der Waals surface area contributed by atoms with E-state index in [0.717, 1.165) is 19.6 Å². The van der Waals surface area contributed by atoms with Crippen LogP contribution in [0.2, 0.25) is 0 Å². The van der Waals surface area contributed by atoms with Gasteiger partial charge in [-0.1, -0.05) is 13.8 Å². The largest absolute Gasteiger partial charge is 0.475 e. The molecule has 0 aliphatic heterocycles. The van der Waals surface area contributed by atoms with E-state index in [4.69, 9.17) is 14.7 Å². The van der Waals surface area contributed by atoms with Crippen molar-refractivity contribution in [2.45, 2.75) is 13.8 Å². The minimum atomic E-state index is 0.464. The lowest BCUT2D eigenvalue weighted by Gasteiger charge is -2.17. The van der Waals surface area contributed by atoms with E-state index in [-0.39, 0.29) is 0 Å². The quantitative estimate of drug-likeness (QED) is 0.278. The minimum absolute atomic E-state index is 0.464. The average molecular weight is 296 g/mol. The van der Waals surface area contributed by atoms with Crippen LogP contribution in [-0.2, 0) is 4.74 Å². The van der Waals surface area contributed by atoms with Crippen molar-refractivity contribution in [3.05, 3.63) is 18.3 Å². The Bertz CT molecular complexity index is 394. The van der Waals surface area contributed by atoms with Gasteiger partial charge in [0.15, 0.2) is 0 Å². The molecule has 0 radical (unpaired) electrons. The van der Waals surface area contributed by atoms with Crippen molar-refractivity contribution >= 4 is 12.0 Å². The Morgan fingerprint density at radius 2 is 2.10 bits per heavy atom. The molecule has 0 aromatic carbocycles. The Morgan fingerprint density at radius 3 is 2.71 bits per heavy atom. The van der Waals surface area contributed by atoms with E-state index in [1.54, 1.807) is 18.3 Å². The monoisotopic (exact) mass is 296 g/mol. The van der Waals surface area contributed by atoms with E-state index >= 15 is 0 Å². The van der Waals surface area contributed by atoms with Gasteiger partial charge in [-0.2, -0.15) is 0 Å². The van der Waals surface area contributed by atoms with Crippen molar-refractivity contribution in [3.8, 4) is 5.88 Å². The van der Waals surface area contributed by atoms with Crippen molar-refractivity contribution in [1.29, 1.82) is 0 Å². The maximum Gasteiger partial charge on any atom is 0.213 e. The highest BCUT2D eigenvalue weighted by atomic mass is 16.5. The molecule has 21 heavy (non-hydrogen) atoms. The van der Waals surface area contributed by atoms with Gasteiger partial charge in [-0.3, -0.25) is 10.7 Å². The molecule has 1 heterocycles. The summed E-state index contributed by atoms with van der Waals surface area (Å²) >= 11 is 0. The van der Waals surface area contributed by atoms with Gasteiger partial charge in [-0.25, -0.2) is 9.98 Å². The molecule has 0 bridgehead atoms. The Morgan fingerprint density at radius 1 is 1.29 bits per heavy atom. The summed E-state index contributed by atoms with van der Waals surface area (Å²) in [6.45, 7) is 9.02. The molecule has 1 rings (SSSR count). The van der Waals surface area contributed by atoms with Crippen LogP contribution in [0.1, 0.15) is 13.8 Å². The summed E-state index contributed by atoms with van der Waals surface area (Å²) in [7, 11) is 0. The number of ether oxygens (including phenoxy) is 2. The standard InChI is InChI=1S/C14H24N4O3/c1-3-18(4-2)7-8-20-9-10-21-14-6-5-13(11-15-14)16-12-17-19/h5-6,11-12,19H,3-4,7-10H2,1-2H3,(H,16,17). The summed E-state index contributed by atoms with van der Waals surface area (Å²) in [5.41, 5.74) is 2.45. The third-order valence-corrected chi connectivity index (χ3v) is 2.92. The molecule has 7 nitrogen and oxygen atoms in total. The molecule has 7 heteroatoms. The van der Waals surface area contributed by atoms with Crippen LogP contribution in [0.5, 0.6) is 5.88 Å². The zero-order valence-corrected chi connectivity index (χ0v) is 12.7. The second kappa shape index (κ2) is 11.0. The Balaban J connectivity index is 2.14. The molecule has 1 aromatic rings. The molecule has 0 spiro atoms. The van der Waals surface area contributed by atoms with E-state index in [2.05, 4.69) is 28.7 Å². The molecule has 0 amide bonds. The average Bonchev–Trinajstić information content (AvgIpc) is 2.53. The van der Waals surface area contributed by atoms with Crippen LogP contribution in [0.25, 0.3) is 0 Å². The summed E-state index contributed by atoms with van der Waals surface area (Å²) in [4.78, 5) is 10.3. The van der Waals surface area contributed by atoms with Crippen molar-refractivity contribution in [2.75, 3.05) is 39.5 Å². The number of hydroxylamine groups is 1. The highest BCUT2D eigenvalue weighted by Gasteiger charge is 1.99. The lowest BCUT2D eigenvalue weighted by molar-refractivity contribution is 0.0807. The number of nitrogens with zero attached hydrogens (tertiary/aromatic N) is 3. The van der Waals surface area contributed by atoms with Crippen LogP contribution in [0.15, 0.2) is 23.3 Å². The van der Waals surface area contributed by atoms with Gasteiger partial charge in [-0.15, -0.1) is 0 Å². The number of nitrogens with one attached hydrogen (secondary N) is 1. The lowest BCUT2D eigenvalue weighted by atomic mass is 10.4. The third-order valence-electron chi connectivity index (χ3n) is 2.92. The molecule has 0 aliphatic rings. The number of hydrogen-bond acceptors (Lipinski definition) is 6. The van der Waals surface area contributed by atoms with Gasteiger partial charge in [0.1, 0.15) is 12.9 Å². The number of rotatable bonds is 11. The summed E-state index contributed by atoms with van der Waals surface area (Å²) in [5, 5.41) is 8.37. The van der Waals surface area contributed by atoms with Crippen molar-refractivity contribution < 1.29 is 14.7 Å². The number of aromatic nitrogens is 1. The molecule has 0 saturated carbocycles. The van der Waals surface area contributed by atoms with Gasteiger partial charge in [0.05, 0.1) is 25.1 Å². The van der Waals surface area contributed by atoms with Crippen LogP contribution in [0.3, 0.4) is 0 Å². The highest BCUT2D eigenvalue weighted by molar-refractivity contribution is 5.59. The maximum atomic E-state index is 8.37. The van der Waals surface area contributed by atoms with Gasteiger partial charge in [0.2, 0.25) is 5.88 Å². The highest BCUT2D eigenvalue weighted by Crippen LogP contribution is 2.13. The van der Waals surface area contributed by atoms with Crippen LogP contribution < -0.4 is 10.2 Å². The van der Waals surface area contributed by atoms with Gasteiger partial charge < -0.3 is 14.4 Å². The smallest absolute Gasteiger partial charge is 0.213 e. The SMILES string of the molecule is CCN(CC)CCOCCOc1ccc(N=CNO)cn1. The molecule has 0 fully saturated rings. The summed E-state index contributed by atoms with van der Waals surface area (Å²) < 4.78 is 11.0. The number of likely N-dealkylation sites (N-methyl/N-ethyl adjacent to an activating group) is 1. The van der Waals surface area contributed by atoms with E-state index in [1.165, 1.54) is 6.34 Å². The molecule has 0 unspecified atom stereocenters. The fourth-order valence-electron chi connectivity index (χ4n) is 1.68. The Kier molecular flexibility index (Phi) is 9.10. The second-order valence-corrected chi connectivity index (χ2v) is 4.23. The Hall–Kier alpha value is -1.70. The fraction of sp³-hybridized carbons (Fsp3) is 0.571. The maximum absolute atomic E-state index is 8.37. The molecule has 118 valence electrons. The third kappa shape index (κ3) is 7.60. The summed E-state index contributed by atoms with van der Waals surface area (Å²) in [6, 6.07) is 3.47. The molecular formula is C14H24N4O3. The number of hydrogen-bond donors (Lipinski definition) is 2. The van der Waals surface area contributed by atoms with E-state index in [9.17, 15) is 0 Å². The van der Waals surface area contributed by atoms with Gasteiger partial charge in [-0.05, 0) is 19.2 Å². The van der Waals surface area contributed by atoms with Crippen LogP contribution >= 0.6 is 0 Å². The molecule has 0 aliphatic carbocycles. The predicted molar refractivity (Wildman–Crippen MR) is 81.4 cm³/mol. The second-order valence-electron chi connectivity index (χ2n) is 4.23. The van der Waals surface area contributed by atoms with E-state index in [1.807, 2.05) is 5.48 Å². The summed E-state index contributed by atoms with van der Waals surface area (Å²) in [6.07, 6.45) is 2.73. The van der Waals surface area contributed by atoms with Gasteiger partial charge in [0.25, 0.3) is 0 Å². The van der Waals surface area contributed by atoms with Gasteiger partial charge >= 0.3 is 0 Å². The molecule has 0 atom stereocenters. The molecular weight excluding hydrogens is 272 g/mol. The lowest BCUT2D eigenvalue weighted by Crippen LogP contribution is -2.27. The normalized spacial score (nSPS) is 11.2. The zero-order chi connectivity index (χ0) is 15.3. The van der Waals surface area contributed by atoms with Crippen molar-refractivity contribution in [3.63, 3.8) is 0 Å². The molecule has 1 aromatic heterocycles. The van der Waals surface area contributed by atoms with E-state index < -0.39 is 0 Å². The van der Waals surface area contributed by atoms with E-state index in [0.29, 0.717) is 31.4 Å². The van der Waals surface area contributed by atoms with Crippen LogP contribution in [0, 0.1) is 0 Å². The first-order valence-corrected chi connectivity index (χ1v) is 7.11. The minimum Gasteiger partial charge on any atom is -0.475 e. The fourth-order valence-corrected chi connectivity index (χ4v) is 1.68. The first kappa shape index (κ1) is 17.4. The van der Waals surface area contributed by atoms with Gasteiger partial charge in [0, 0.05) is 12.6 Å². The number of aliphatic imine (C=N–C) groups is 1. The topological polar surface area (TPSA) is 79.2 Å². The summed E-state index contributed by atoms with van der Waals surface area (Å²) in [5.74, 6) is 0.526. The van der Waals surface area contributed by atoms with Crippen LogP contribution in [0.4, 0.5) is 5.69 Å². The van der Waals surface area contributed by atoms with Crippen LogP contribution in [-0.4, -0.2) is 60.9 Å². The molecule has 0 saturated heterocycles. The first-order chi connectivity index (χ1) is 10.3. The Labute approximate surface area is 125 Å². The predicted octanol–water partition coefficient (Wildman–Crippen LogP) is 1.46. The molecule has 2 N–H and O–H groups in total. The number of pyridine rings is 1. The zero-order valence-electron chi connectivity index (χ0n) is 12.7. The first-order valence-electron chi connectivity index (χ1n) is 7.11.